The molecule has 0 spiro atoms. The fraction of sp³-hybridized carbons (Fsp3) is 0.455. The highest BCUT2D eigenvalue weighted by Gasteiger charge is 2.20. The summed E-state index contributed by atoms with van der Waals surface area (Å²) in [6.07, 6.45) is 1.85. The van der Waals surface area contributed by atoms with Gasteiger partial charge in [0.15, 0.2) is 5.82 Å². The van der Waals surface area contributed by atoms with Crippen LogP contribution >= 0.6 is 0 Å². The van der Waals surface area contributed by atoms with E-state index in [-0.39, 0.29) is 11.7 Å². The van der Waals surface area contributed by atoms with Gasteiger partial charge < -0.3 is 10.6 Å². The minimum Gasteiger partial charge on any atom is -0.368 e. The standard InChI is InChI=1S/C11H14FN3O2/c12-10-6-9(15(16)17)3-4-11(10)14-5-1-2-8(13)7-14/h3-4,6,8H,1-2,5,7,13H2/t8-/m1/s1. The molecule has 6 heteroatoms. The first-order chi connectivity index (χ1) is 8.08. The number of halogens is 1. The summed E-state index contributed by atoms with van der Waals surface area (Å²) in [5, 5.41) is 10.5. The Kier molecular flexibility index (Phi) is 3.23. The van der Waals surface area contributed by atoms with Crippen LogP contribution in [0.3, 0.4) is 0 Å². The van der Waals surface area contributed by atoms with Gasteiger partial charge in [-0.1, -0.05) is 0 Å². The third kappa shape index (κ3) is 2.52. The molecular weight excluding hydrogens is 225 g/mol. The molecule has 1 atom stereocenters. The van der Waals surface area contributed by atoms with Crippen LogP contribution in [0.5, 0.6) is 0 Å². The number of piperidine rings is 1. The molecule has 0 unspecified atom stereocenters. The monoisotopic (exact) mass is 239 g/mol. The maximum atomic E-state index is 13.7. The molecule has 92 valence electrons. The SMILES string of the molecule is N[C@@H]1CCCN(c2ccc([N+](=O)[O-])cc2F)C1. The minimum absolute atomic E-state index is 0.0401. The molecule has 0 bridgehead atoms. The van der Waals surface area contributed by atoms with Gasteiger partial charge in [-0.05, 0) is 18.9 Å². The smallest absolute Gasteiger partial charge is 0.272 e. The Morgan fingerprint density at radius 3 is 2.88 bits per heavy atom. The Morgan fingerprint density at radius 2 is 2.29 bits per heavy atom. The van der Waals surface area contributed by atoms with E-state index in [0.717, 1.165) is 25.5 Å². The van der Waals surface area contributed by atoms with E-state index in [2.05, 4.69) is 0 Å². The largest absolute Gasteiger partial charge is 0.368 e. The lowest BCUT2D eigenvalue weighted by atomic mass is 10.1. The van der Waals surface area contributed by atoms with Crippen molar-refractivity contribution >= 4 is 11.4 Å². The molecule has 17 heavy (non-hydrogen) atoms. The van der Waals surface area contributed by atoms with Crippen molar-refractivity contribution in [2.45, 2.75) is 18.9 Å². The van der Waals surface area contributed by atoms with Gasteiger partial charge in [-0.3, -0.25) is 10.1 Å². The molecule has 1 aliphatic heterocycles. The second-order valence-electron chi connectivity index (χ2n) is 4.24. The Bertz CT molecular complexity index is 439. The number of nitro benzene ring substituents is 1. The highest BCUT2D eigenvalue weighted by atomic mass is 19.1. The fourth-order valence-corrected chi connectivity index (χ4v) is 2.09. The van der Waals surface area contributed by atoms with Gasteiger partial charge in [0.05, 0.1) is 16.7 Å². The summed E-state index contributed by atoms with van der Waals surface area (Å²) in [6.45, 7) is 1.33. The van der Waals surface area contributed by atoms with Crippen LogP contribution in [0.25, 0.3) is 0 Å². The molecule has 0 radical (unpaired) electrons. The second-order valence-corrected chi connectivity index (χ2v) is 4.24. The molecule has 0 saturated carbocycles. The zero-order valence-electron chi connectivity index (χ0n) is 9.30. The van der Waals surface area contributed by atoms with E-state index >= 15 is 0 Å². The first-order valence-electron chi connectivity index (χ1n) is 5.52. The summed E-state index contributed by atoms with van der Waals surface area (Å²) in [5.41, 5.74) is 5.98. The summed E-state index contributed by atoms with van der Waals surface area (Å²) in [4.78, 5) is 11.7. The van der Waals surface area contributed by atoms with Crippen LogP contribution in [0.1, 0.15) is 12.8 Å². The van der Waals surface area contributed by atoms with Gasteiger partial charge in [0.1, 0.15) is 0 Å². The maximum Gasteiger partial charge on any atom is 0.272 e. The van der Waals surface area contributed by atoms with Gasteiger partial charge in [-0.25, -0.2) is 4.39 Å². The highest BCUT2D eigenvalue weighted by Crippen LogP contribution is 2.26. The molecule has 1 aromatic rings. The van der Waals surface area contributed by atoms with E-state index in [1.807, 2.05) is 4.90 Å². The van der Waals surface area contributed by atoms with Gasteiger partial charge >= 0.3 is 0 Å². The Morgan fingerprint density at radius 1 is 1.53 bits per heavy atom. The van der Waals surface area contributed by atoms with E-state index < -0.39 is 10.7 Å². The second kappa shape index (κ2) is 4.67. The number of nitro groups is 1. The van der Waals surface area contributed by atoms with Gasteiger partial charge in [0.2, 0.25) is 0 Å². The first-order valence-corrected chi connectivity index (χ1v) is 5.52. The third-order valence-corrected chi connectivity index (χ3v) is 2.94. The molecular formula is C11H14FN3O2. The van der Waals surface area contributed by atoms with Crippen molar-refractivity contribution in [3.8, 4) is 0 Å². The zero-order chi connectivity index (χ0) is 12.4. The van der Waals surface area contributed by atoms with Crippen LogP contribution in [-0.4, -0.2) is 24.1 Å². The summed E-state index contributed by atoms with van der Waals surface area (Å²) < 4.78 is 13.7. The molecule has 5 nitrogen and oxygen atoms in total. The van der Waals surface area contributed by atoms with Crippen molar-refractivity contribution < 1.29 is 9.31 Å². The summed E-state index contributed by atoms with van der Waals surface area (Å²) in [5.74, 6) is -0.562. The van der Waals surface area contributed by atoms with Crippen molar-refractivity contribution in [2.75, 3.05) is 18.0 Å². The Labute approximate surface area is 98.2 Å². The quantitative estimate of drug-likeness (QED) is 0.629. The van der Waals surface area contributed by atoms with Crippen molar-refractivity contribution in [1.29, 1.82) is 0 Å². The fourth-order valence-electron chi connectivity index (χ4n) is 2.09. The van der Waals surface area contributed by atoms with Crippen molar-refractivity contribution in [2.24, 2.45) is 5.73 Å². The molecule has 1 heterocycles. The van der Waals surface area contributed by atoms with E-state index in [9.17, 15) is 14.5 Å². The van der Waals surface area contributed by atoms with Crippen LogP contribution < -0.4 is 10.6 Å². The minimum atomic E-state index is -0.602. The lowest BCUT2D eigenvalue weighted by Crippen LogP contribution is -2.43. The number of nitrogens with zero attached hydrogens (tertiary/aromatic N) is 2. The van der Waals surface area contributed by atoms with Crippen LogP contribution in [0, 0.1) is 15.9 Å². The molecule has 2 N–H and O–H groups in total. The average Bonchev–Trinajstić information content (AvgIpc) is 2.28. The zero-order valence-corrected chi connectivity index (χ0v) is 9.30. The topological polar surface area (TPSA) is 72.4 Å². The molecule has 0 amide bonds. The normalized spacial score (nSPS) is 20.4. The lowest BCUT2D eigenvalue weighted by Gasteiger charge is -2.32. The predicted molar refractivity (Wildman–Crippen MR) is 62.5 cm³/mol. The van der Waals surface area contributed by atoms with Gasteiger partial charge in [0.25, 0.3) is 5.69 Å². The van der Waals surface area contributed by atoms with Crippen molar-refractivity contribution in [1.82, 2.24) is 0 Å². The number of rotatable bonds is 2. The maximum absolute atomic E-state index is 13.7. The molecule has 1 saturated heterocycles. The predicted octanol–water partition coefficient (Wildman–Crippen LogP) is 1.66. The number of benzene rings is 1. The van der Waals surface area contributed by atoms with E-state index in [4.69, 9.17) is 5.73 Å². The van der Waals surface area contributed by atoms with Crippen LogP contribution in [0.2, 0.25) is 0 Å². The molecule has 0 aromatic heterocycles. The van der Waals surface area contributed by atoms with Gasteiger partial charge in [0, 0.05) is 25.2 Å². The van der Waals surface area contributed by atoms with Crippen LogP contribution in [-0.2, 0) is 0 Å². The van der Waals surface area contributed by atoms with Crippen LogP contribution in [0.15, 0.2) is 18.2 Å². The van der Waals surface area contributed by atoms with Crippen molar-refractivity contribution in [3.63, 3.8) is 0 Å². The molecule has 1 aromatic carbocycles. The summed E-state index contributed by atoms with van der Waals surface area (Å²) >= 11 is 0. The summed E-state index contributed by atoms with van der Waals surface area (Å²) in [7, 11) is 0. The Hall–Kier alpha value is -1.69. The number of non-ortho nitro benzene ring substituents is 1. The number of nitrogens with two attached hydrogens (primary N) is 1. The Balaban J connectivity index is 2.23. The number of hydrogen-bond acceptors (Lipinski definition) is 4. The molecule has 0 aliphatic carbocycles. The number of hydrogen-bond donors (Lipinski definition) is 1. The average molecular weight is 239 g/mol. The van der Waals surface area contributed by atoms with E-state index in [0.29, 0.717) is 12.2 Å². The van der Waals surface area contributed by atoms with E-state index in [1.54, 1.807) is 0 Å². The number of anilines is 1. The van der Waals surface area contributed by atoms with Crippen LogP contribution in [0.4, 0.5) is 15.8 Å². The van der Waals surface area contributed by atoms with E-state index in [1.165, 1.54) is 12.1 Å². The molecule has 1 aliphatic rings. The molecule has 1 fully saturated rings. The lowest BCUT2D eigenvalue weighted by molar-refractivity contribution is -0.385. The van der Waals surface area contributed by atoms with Gasteiger partial charge in [-0.2, -0.15) is 0 Å². The summed E-state index contributed by atoms with van der Waals surface area (Å²) in [6, 6.07) is 3.76. The molecule has 2 rings (SSSR count). The third-order valence-electron chi connectivity index (χ3n) is 2.94. The van der Waals surface area contributed by atoms with Crippen molar-refractivity contribution in [3.05, 3.63) is 34.1 Å². The van der Waals surface area contributed by atoms with Gasteiger partial charge in [-0.15, -0.1) is 0 Å². The first kappa shape index (κ1) is 11.8. The highest BCUT2D eigenvalue weighted by molar-refractivity contribution is 5.52.